The smallest absolute Gasteiger partial charge is 0.236 e. The molecule has 0 saturated heterocycles. The van der Waals surface area contributed by atoms with Crippen molar-refractivity contribution in [2.45, 2.75) is 18.1 Å². The fourth-order valence-electron chi connectivity index (χ4n) is 3.12. The predicted octanol–water partition coefficient (Wildman–Crippen LogP) is 6.87. The van der Waals surface area contributed by atoms with E-state index < -0.39 is 0 Å². The van der Waals surface area contributed by atoms with E-state index in [1.807, 2.05) is 28.8 Å². The minimum absolute atomic E-state index is 0.149. The number of halogens is 3. The summed E-state index contributed by atoms with van der Waals surface area (Å²) in [7, 11) is 0. The van der Waals surface area contributed by atoms with Crippen LogP contribution >= 0.6 is 57.9 Å². The van der Waals surface area contributed by atoms with Gasteiger partial charge in [0.05, 0.1) is 10.8 Å². The van der Waals surface area contributed by atoms with Gasteiger partial charge >= 0.3 is 0 Å². The highest BCUT2D eigenvalue weighted by Gasteiger charge is 2.17. The summed E-state index contributed by atoms with van der Waals surface area (Å²) in [5.74, 6) is 0.581. The number of aromatic nitrogens is 4. The van der Waals surface area contributed by atoms with Gasteiger partial charge in [-0.3, -0.25) is 9.36 Å². The van der Waals surface area contributed by atoms with Gasteiger partial charge in [-0.2, -0.15) is 0 Å². The standard InChI is InChI=1S/C23H18Cl3N5OS2/c1-2-9-31-21(17-5-3-4-6-18(17)25)29-30-23(31)33-13-20(32)28-22-27-12-16(34-22)10-14-7-8-15(24)11-19(14)26/h2-8,11-12H,1,9-10,13H2,(H,27,28,32). The Hall–Kier alpha value is -2.36. The first-order valence-corrected chi connectivity index (χ1v) is 13.0. The summed E-state index contributed by atoms with van der Waals surface area (Å²) < 4.78 is 1.88. The molecule has 0 bridgehead atoms. The molecule has 4 aromatic rings. The van der Waals surface area contributed by atoms with Crippen LogP contribution in [0.15, 0.2) is 66.5 Å². The van der Waals surface area contributed by atoms with Crippen molar-refractivity contribution in [2.75, 3.05) is 11.1 Å². The number of amides is 1. The summed E-state index contributed by atoms with van der Waals surface area (Å²) in [5.41, 5.74) is 1.71. The largest absolute Gasteiger partial charge is 0.301 e. The van der Waals surface area contributed by atoms with Gasteiger partial charge in [0.25, 0.3) is 0 Å². The van der Waals surface area contributed by atoms with Gasteiger partial charge in [-0.1, -0.05) is 70.8 Å². The molecular formula is C23H18Cl3N5OS2. The van der Waals surface area contributed by atoms with Gasteiger partial charge in [-0.15, -0.1) is 28.1 Å². The number of nitrogens with zero attached hydrogens (tertiary/aromatic N) is 4. The molecule has 6 nitrogen and oxygen atoms in total. The van der Waals surface area contributed by atoms with Gasteiger partial charge in [0.1, 0.15) is 0 Å². The van der Waals surface area contributed by atoms with E-state index in [1.165, 1.54) is 23.1 Å². The van der Waals surface area contributed by atoms with Crippen molar-refractivity contribution in [3.63, 3.8) is 0 Å². The second-order valence-electron chi connectivity index (χ2n) is 7.07. The highest BCUT2D eigenvalue weighted by molar-refractivity contribution is 7.99. The van der Waals surface area contributed by atoms with Crippen LogP contribution < -0.4 is 5.32 Å². The molecular weight excluding hydrogens is 533 g/mol. The van der Waals surface area contributed by atoms with Gasteiger partial charge < -0.3 is 5.32 Å². The fraction of sp³-hybridized carbons (Fsp3) is 0.130. The van der Waals surface area contributed by atoms with Gasteiger partial charge in [-0.05, 0) is 29.8 Å². The molecule has 174 valence electrons. The third kappa shape index (κ3) is 6.00. The number of allylic oxidation sites excluding steroid dienone is 1. The van der Waals surface area contributed by atoms with E-state index in [0.29, 0.717) is 44.1 Å². The van der Waals surface area contributed by atoms with E-state index in [-0.39, 0.29) is 11.7 Å². The van der Waals surface area contributed by atoms with Crippen molar-refractivity contribution >= 4 is 68.9 Å². The number of hydrogen-bond donors (Lipinski definition) is 1. The molecule has 0 aliphatic carbocycles. The second kappa shape index (κ2) is 11.4. The lowest BCUT2D eigenvalue weighted by Crippen LogP contribution is -2.14. The third-order valence-corrected chi connectivity index (χ3v) is 7.45. The third-order valence-electron chi connectivity index (χ3n) is 4.66. The number of rotatable bonds is 9. The molecule has 0 unspecified atom stereocenters. The van der Waals surface area contributed by atoms with E-state index >= 15 is 0 Å². The molecule has 11 heteroatoms. The van der Waals surface area contributed by atoms with Crippen LogP contribution in [0.2, 0.25) is 15.1 Å². The van der Waals surface area contributed by atoms with Crippen LogP contribution in [0.25, 0.3) is 11.4 Å². The maximum atomic E-state index is 12.5. The van der Waals surface area contributed by atoms with Crippen molar-refractivity contribution < 1.29 is 4.79 Å². The van der Waals surface area contributed by atoms with E-state index in [0.717, 1.165) is 16.0 Å². The summed E-state index contributed by atoms with van der Waals surface area (Å²) in [6, 6.07) is 12.8. The lowest BCUT2D eigenvalue weighted by atomic mass is 10.1. The molecule has 0 aliphatic heterocycles. The summed E-state index contributed by atoms with van der Waals surface area (Å²) in [5, 5.41) is 14.3. The van der Waals surface area contributed by atoms with E-state index in [9.17, 15) is 4.79 Å². The summed E-state index contributed by atoms with van der Waals surface area (Å²) in [4.78, 5) is 17.8. The number of carbonyl (C=O) groups excluding carboxylic acids is 1. The molecule has 2 heterocycles. The summed E-state index contributed by atoms with van der Waals surface area (Å²) >= 11 is 21.2. The van der Waals surface area contributed by atoms with Gasteiger partial charge in [0.2, 0.25) is 5.91 Å². The van der Waals surface area contributed by atoms with Crippen LogP contribution in [0.3, 0.4) is 0 Å². The van der Waals surface area contributed by atoms with Crippen molar-refractivity contribution in [1.29, 1.82) is 0 Å². The minimum atomic E-state index is -0.192. The van der Waals surface area contributed by atoms with E-state index in [4.69, 9.17) is 34.8 Å². The van der Waals surface area contributed by atoms with E-state index in [1.54, 1.807) is 30.5 Å². The first kappa shape index (κ1) is 24.8. The van der Waals surface area contributed by atoms with Crippen molar-refractivity contribution in [3.05, 3.63) is 86.8 Å². The Bertz CT molecular complexity index is 1340. The number of hydrogen-bond acceptors (Lipinski definition) is 6. The van der Waals surface area contributed by atoms with E-state index in [2.05, 4.69) is 27.1 Å². The topological polar surface area (TPSA) is 72.7 Å². The molecule has 2 aromatic heterocycles. The van der Waals surface area contributed by atoms with Crippen molar-refractivity contribution in [2.24, 2.45) is 0 Å². The van der Waals surface area contributed by atoms with Crippen LogP contribution in [-0.2, 0) is 17.8 Å². The number of thioether (sulfide) groups is 1. The normalized spacial score (nSPS) is 10.9. The number of benzene rings is 2. The van der Waals surface area contributed by atoms with Crippen molar-refractivity contribution in [1.82, 2.24) is 19.7 Å². The molecule has 0 aliphatic rings. The van der Waals surface area contributed by atoms with Gasteiger partial charge in [0.15, 0.2) is 16.1 Å². The molecule has 4 rings (SSSR count). The zero-order chi connectivity index (χ0) is 24.1. The molecule has 1 amide bonds. The maximum Gasteiger partial charge on any atom is 0.236 e. The molecule has 0 atom stereocenters. The van der Waals surface area contributed by atoms with Crippen LogP contribution in [0.4, 0.5) is 5.13 Å². The predicted molar refractivity (Wildman–Crippen MR) is 141 cm³/mol. The average molecular weight is 551 g/mol. The Kier molecular flexibility index (Phi) is 8.28. The minimum Gasteiger partial charge on any atom is -0.301 e. The highest BCUT2D eigenvalue weighted by atomic mass is 35.5. The first-order chi connectivity index (χ1) is 16.4. The van der Waals surface area contributed by atoms with Crippen molar-refractivity contribution in [3.8, 4) is 11.4 Å². The molecule has 0 saturated carbocycles. The molecule has 2 aromatic carbocycles. The van der Waals surface area contributed by atoms with Crippen LogP contribution in [0.1, 0.15) is 10.4 Å². The average Bonchev–Trinajstić information content (AvgIpc) is 3.41. The Balaban J connectivity index is 1.39. The molecule has 0 radical (unpaired) electrons. The molecule has 0 fully saturated rings. The summed E-state index contributed by atoms with van der Waals surface area (Å²) in [6.45, 7) is 4.29. The Morgan fingerprint density at radius 1 is 1.15 bits per heavy atom. The van der Waals surface area contributed by atoms with Gasteiger partial charge in [-0.25, -0.2) is 4.98 Å². The summed E-state index contributed by atoms with van der Waals surface area (Å²) in [6.07, 6.45) is 4.08. The quantitative estimate of drug-likeness (QED) is 0.182. The lowest BCUT2D eigenvalue weighted by Gasteiger charge is -2.08. The molecule has 0 spiro atoms. The Morgan fingerprint density at radius 3 is 2.74 bits per heavy atom. The fourth-order valence-corrected chi connectivity index (χ4v) is 5.41. The van der Waals surface area contributed by atoms with Crippen LogP contribution in [0, 0.1) is 0 Å². The van der Waals surface area contributed by atoms with Gasteiger partial charge in [0, 0.05) is 39.6 Å². The molecule has 1 N–H and O–H groups in total. The monoisotopic (exact) mass is 549 g/mol. The SMILES string of the molecule is C=CCn1c(SCC(=O)Nc2ncc(Cc3ccc(Cl)cc3Cl)s2)nnc1-c1ccccc1Cl. The highest BCUT2D eigenvalue weighted by Crippen LogP contribution is 2.30. The molecule has 34 heavy (non-hydrogen) atoms. The Morgan fingerprint density at radius 2 is 1.97 bits per heavy atom. The zero-order valence-corrected chi connectivity index (χ0v) is 21.6. The van der Waals surface area contributed by atoms with Crippen LogP contribution in [0.5, 0.6) is 0 Å². The number of carbonyl (C=O) groups is 1. The lowest BCUT2D eigenvalue weighted by molar-refractivity contribution is -0.113. The number of anilines is 1. The number of nitrogens with one attached hydrogen (secondary N) is 1. The Labute approximate surface area is 220 Å². The first-order valence-electron chi connectivity index (χ1n) is 10.0. The number of thiazole rings is 1. The zero-order valence-electron chi connectivity index (χ0n) is 17.7. The second-order valence-corrected chi connectivity index (χ2v) is 10.4. The maximum absolute atomic E-state index is 12.5. The van der Waals surface area contributed by atoms with Crippen LogP contribution in [-0.4, -0.2) is 31.4 Å².